The minimum Gasteiger partial charge on any atom is -0.433 e. The molecule has 0 bridgehead atoms. The van der Waals surface area contributed by atoms with Gasteiger partial charge in [0.25, 0.3) is 0 Å². The Hall–Kier alpha value is -2.86. The summed E-state index contributed by atoms with van der Waals surface area (Å²) in [5.41, 5.74) is 6.18. The van der Waals surface area contributed by atoms with Crippen molar-refractivity contribution in [2.75, 3.05) is 12.0 Å². The van der Waals surface area contributed by atoms with Crippen LogP contribution < -0.4 is 10.5 Å². The van der Waals surface area contributed by atoms with Crippen LogP contribution in [-0.4, -0.2) is 21.1 Å². The van der Waals surface area contributed by atoms with Gasteiger partial charge in [-0.1, -0.05) is 17.8 Å². The average molecular weight is 317 g/mol. The Bertz CT molecular complexity index is 788. The van der Waals surface area contributed by atoms with E-state index >= 15 is 0 Å². The van der Waals surface area contributed by atoms with Gasteiger partial charge in [-0.2, -0.15) is 15.2 Å². The molecule has 0 atom stereocenters. The molecule has 112 valence electrons. The van der Waals surface area contributed by atoms with Crippen LogP contribution in [0.4, 0.5) is 11.5 Å². The van der Waals surface area contributed by atoms with Gasteiger partial charge in [0, 0.05) is 0 Å². The lowest BCUT2D eigenvalue weighted by Gasteiger charge is -2.10. The first-order valence-electron chi connectivity index (χ1n) is 6.00. The number of nitrogens with zero attached hydrogens (tertiary/aromatic N) is 4. The maximum Gasteiger partial charge on any atom is 0.373 e. The summed E-state index contributed by atoms with van der Waals surface area (Å²) in [6.45, 7) is 1.75. The number of hydrogen-bond donors (Lipinski definition) is 1. The van der Waals surface area contributed by atoms with Crippen LogP contribution in [0.15, 0.2) is 23.4 Å². The molecule has 1 aromatic heterocycles. The van der Waals surface area contributed by atoms with Gasteiger partial charge in [-0.3, -0.25) is 10.1 Å². The fraction of sp³-hybridized carbons (Fsp3) is 0.154. The van der Waals surface area contributed by atoms with Crippen LogP contribution in [0.25, 0.3) is 0 Å². The van der Waals surface area contributed by atoms with Crippen molar-refractivity contribution in [1.82, 2.24) is 9.97 Å². The molecule has 0 aliphatic rings. The maximum absolute atomic E-state index is 11.1. The van der Waals surface area contributed by atoms with Gasteiger partial charge >= 0.3 is 11.6 Å². The molecule has 0 radical (unpaired) electrons. The molecular weight excluding hydrogens is 306 g/mol. The number of nitro groups is 1. The molecule has 0 fully saturated rings. The highest BCUT2D eigenvalue weighted by atomic mass is 32.2. The molecule has 0 aliphatic carbocycles. The minimum absolute atomic E-state index is 0.250. The zero-order valence-electron chi connectivity index (χ0n) is 11.7. The first kappa shape index (κ1) is 15.5. The van der Waals surface area contributed by atoms with Crippen molar-refractivity contribution in [1.29, 1.82) is 5.26 Å². The van der Waals surface area contributed by atoms with Gasteiger partial charge in [-0.15, -0.1) is 0 Å². The molecule has 22 heavy (non-hydrogen) atoms. The SMILES string of the molecule is CSc1nc(N)c([N+](=O)[O-])c(Oc2cc(C#N)ccc2C)n1. The maximum atomic E-state index is 11.1. The number of benzene rings is 1. The van der Waals surface area contributed by atoms with E-state index < -0.39 is 10.6 Å². The third-order valence-corrected chi connectivity index (χ3v) is 3.30. The van der Waals surface area contributed by atoms with E-state index in [0.29, 0.717) is 16.9 Å². The molecule has 0 spiro atoms. The molecule has 0 unspecified atom stereocenters. The number of hydrogen-bond acceptors (Lipinski definition) is 8. The Morgan fingerprint density at radius 2 is 2.18 bits per heavy atom. The van der Waals surface area contributed by atoms with Gasteiger partial charge < -0.3 is 10.5 Å². The van der Waals surface area contributed by atoms with Crippen LogP contribution in [0.1, 0.15) is 11.1 Å². The van der Waals surface area contributed by atoms with Crippen molar-refractivity contribution in [2.24, 2.45) is 0 Å². The van der Waals surface area contributed by atoms with E-state index in [-0.39, 0.29) is 16.9 Å². The van der Waals surface area contributed by atoms with Crippen LogP contribution >= 0.6 is 11.8 Å². The summed E-state index contributed by atoms with van der Waals surface area (Å²) in [6, 6.07) is 6.76. The Kier molecular flexibility index (Phi) is 4.43. The summed E-state index contributed by atoms with van der Waals surface area (Å²) in [4.78, 5) is 18.3. The molecule has 8 nitrogen and oxygen atoms in total. The molecule has 0 saturated heterocycles. The van der Waals surface area contributed by atoms with Gasteiger partial charge in [0.15, 0.2) is 5.16 Å². The number of thioether (sulfide) groups is 1. The first-order chi connectivity index (χ1) is 10.5. The number of ether oxygens (including phenoxy) is 1. The van der Waals surface area contributed by atoms with E-state index in [0.717, 1.165) is 0 Å². The molecule has 2 aromatic rings. The number of rotatable bonds is 4. The second-order valence-electron chi connectivity index (χ2n) is 4.20. The van der Waals surface area contributed by atoms with E-state index in [1.54, 1.807) is 25.3 Å². The summed E-state index contributed by atoms with van der Waals surface area (Å²) >= 11 is 1.18. The standard InChI is InChI=1S/C13H11N5O3S/c1-7-3-4-8(6-14)5-9(7)21-12-10(18(19)20)11(15)16-13(17-12)22-2/h3-5H,1-2H3,(H2,15,16,17). The number of anilines is 1. The van der Waals surface area contributed by atoms with Crippen LogP contribution in [0.3, 0.4) is 0 Å². The fourth-order valence-electron chi connectivity index (χ4n) is 1.65. The van der Waals surface area contributed by atoms with Gasteiger partial charge in [-0.25, -0.2) is 0 Å². The second kappa shape index (κ2) is 6.28. The van der Waals surface area contributed by atoms with E-state index in [9.17, 15) is 10.1 Å². The van der Waals surface area contributed by atoms with E-state index in [1.807, 2.05) is 6.07 Å². The Balaban J connectivity index is 2.55. The van der Waals surface area contributed by atoms with Gasteiger partial charge in [-0.05, 0) is 30.9 Å². The number of aryl methyl sites for hydroxylation is 1. The summed E-state index contributed by atoms with van der Waals surface area (Å²) in [7, 11) is 0. The summed E-state index contributed by atoms with van der Waals surface area (Å²) < 4.78 is 5.53. The topological polar surface area (TPSA) is 128 Å². The highest BCUT2D eigenvalue weighted by molar-refractivity contribution is 7.98. The Labute approximate surface area is 130 Å². The minimum atomic E-state index is -0.696. The quantitative estimate of drug-likeness (QED) is 0.394. The smallest absolute Gasteiger partial charge is 0.373 e. The number of aromatic nitrogens is 2. The van der Waals surface area contributed by atoms with Crippen molar-refractivity contribution >= 4 is 23.3 Å². The van der Waals surface area contributed by atoms with E-state index in [2.05, 4.69) is 9.97 Å². The predicted octanol–water partition coefficient (Wildman–Crippen LogP) is 2.66. The van der Waals surface area contributed by atoms with Crippen LogP contribution in [0, 0.1) is 28.4 Å². The lowest BCUT2D eigenvalue weighted by Crippen LogP contribution is -2.05. The third kappa shape index (κ3) is 3.07. The Morgan fingerprint density at radius 1 is 1.45 bits per heavy atom. The van der Waals surface area contributed by atoms with Crippen molar-refractivity contribution in [2.45, 2.75) is 12.1 Å². The lowest BCUT2D eigenvalue weighted by molar-refractivity contribution is -0.385. The van der Waals surface area contributed by atoms with Crippen molar-refractivity contribution < 1.29 is 9.66 Å². The zero-order valence-corrected chi connectivity index (χ0v) is 12.5. The zero-order chi connectivity index (χ0) is 16.3. The van der Waals surface area contributed by atoms with Gasteiger partial charge in [0.05, 0.1) is 16.6 Å². The van der Waals surface area contributed by atoms with Crippen molar-refractivity contribution in [3.63, 3.8) is 0 Å². The fourth-order valence-corrected chi connectivity index (χ4v) is 2.01. The van der Waals surface area contributed by atoms with Crippen LogP contribution in [0.5, 0.6) is 11.6 Å². The molecule has 0 amide bonds. The Morgan fingerprint density at radius 3 is 2.77 bits per heavy atom. The highest BCUT2D eigenvalue weighted by Crippen LogP contribution is 2.35. The normalized spacial score (nSPS) is 10.0. The van der Waals surface area contributed by atoms with Crippen molar-refractivity contribution in [3.8, 4) is 17.7 Å². The van der Waals surface area contributed by atoms with Crippen LogP contribution in [0.2, 0.25) is 0 Å². The predicted molar refractivity (Wildman–Crippen MR) is 80.8 cm³/mol. The van der Waals surface area contributed by atoms with Gasteiger partial charge in [0.2, 0.25) is 5.82 Å². The third-order valence-electron chi connectivity index (χ3n) is 2.75. The molecule has 2 rings (SSSR count). The number of nitriles is 1. The second-order valence-corrected chi connectivity index (χ2v) is 4.97. The monoisotopic (exact) mass is 317 g/mol. The van der Waals surface area contributed by atoms with E-state index in [1.165, 1.54) is 17.8 Å². The number of nitrogen functional groups attached to an aromatic ring is 1. The molecule has 9 heteroatoms. The van der Waals surface area contributed by atoms with Crippen LogP contribution in [-0.2, 0) is 0 Å². The number of nitrogens with two attached hydrogens (primary N) is 1. The summed E-state index contributed by atoms with van der Waals surface area (Å²) in [5.74, 6) is -0.221. The largest absolute Gasteiger partial charge is 0.433 e. The first-order valence-corrected chi connectivity index (χ1v) is 7.23. The molecule has 2 N–H and O–H groups in total. The molecule has 0 saturated carbocycles. The molecule has 1 aromatic carbocycles. The molecule has 0 aliphatic heterocycles. The molecular formula is C13H11N5O3S. The van der Waals surface area contributed by atoms with Crippen molar-refractivity contribution in [3.05, 3.63) is 39.4 Å². The summed E-state index contributed by atoms with van der Waals surface area (Å²) in [6.07, 6.45) is 1.71. The average Bonchev–Trinajstić information content (AvgIpc) is 2.48. The molecule has 1 heterocycles. The van der Waals surface area contributed by atoms with E-state index in [4.69, 9.17) is 15.7 Å². The highest BCUT2D eigenvalue weighted by Gasteiger charge is 2.25. The van der Waals surface area contributed by atoms with Gasteiger partial charge in [0.1, 0.15) is 5.75 Å². The summed E-state index contributed by atoms with van der Waals surface area (Å²) in [5, 5.41) is 20.3. The lowest BCUT2D eigenvalue weighted by atomic mass is 10.1.